The maximum atomic E-state index is 14.7. The van der Waals surface area contributed by atoms with Gasteiger partial charge in [-0.05, 0) is 62.7 Å². The first-order chi connectivity index (χ1) is 13.6. The highest BCUT2D eigenvalue weighted by Crippen LogP contribution is 2.26. The van der Waals surface area contributed by atoms with Crippen molar-refractivity contribution in [3.05, 3.63) is 52.0 Å². The third-order valence-electron chi connectivity index (χ3n) is 5.91. The van der Waals surface area contributed by atoms with Gasteiger partial charge in [-0.3, -0.25) is 9.69 Å². The van der Waals surface area contributed by atoms with E-state index in [1.54, 1.807) is 23.5 Å². The molecule has 0 spiro atoms. The monoisotopic (exact) mass is 402 g/mol. The summed E-state index contributed by atoms with van der Waals surface area (Å²) in [7, 11) is 0. The van der Waals surface area contributed by atoms with E-state index in [4.69, 9.17) is 4.74 Å². The number of carbonyl (C=O) groups excluding carboxylic acids is 1. The smallest absolute Gasteiger partial charge is 0.257 e. The summed E-state index contributed by atoms with van der Waals surface area (Å²) in [6.07, 6.45) is 4.44. The van der Waals surface area contributed by atoms with E-state index in [0.717, 1.165) is 30.8 Å². The fourth-order valence-corrected chi connectivity index (χ4v) is 4.91. The molecule has 0 radical (unpaired) electrons. The Morgan fingerprint density at radius 1 is 1.25 bits per heavy atom. The summed E-state index contributed by atoms with van der Waals surface area (Å²) >= 11 is 1.60. The maximum absolute atomic E-state index is 14.7. The first-order valence-corrected chi connectivity index (χ1v) is 11.0. The van der Waals surface area contributed by atoms with Crippen LogP contribution in [0.5, 0.6) is 5.75 Å². The highest BCUT2D eigenvalue weighted by molar-refractivity contribution is 7.09. The normalized spacial score (nSPS) is 22.7. The van der Waals surface area contributed by atoms with Crippen molar-refractivity contribution in [2.75, 3.05) is 19.6 Å². The van der Waals surface area contributed by atoms with Gasteiger partial charge in [0.05, 0.1) is 5.56 Å². The van der Waals surface area contributed by atoms with Gasteiger partial charge in [-0.25, -0.2) is 4.39 Å². The van der Waals surface area contributed by atoms with E-state index < -0.39 is 5.82 Å². The molecule has 6 heteroatoms. The number of hydrogen-bond donors (Lipinski definition) is 0. The Morgan fingerprint density at radius 3 is 2.82 bits per heavy atom. The number of hydrogen-bond acceptors (Lipinski definition) is 4. The minimum atomic E-state index is -0.506. The van der Waals surface area contributed by atoms with Crippen LogP contribution in [0.1, 0.15) is 47.8 Å². The summed E-state index contributed by atoms with van der Waals surface area (Å²) in [6.45, 7) is 5.37. The second-order valence-corrected chi connectivity index (χ2v) is 8.82. The van der Waals surface area contributed by atoms with Crippen molar-refractivity contribution in [3.63, 3.8) is 0 Å². The molecule has 0 aliphatic carbocycles. The van der Waals surface area contributed by atoms with Crippen LogP contribution >= 0.6 is 11.3 Å². The van der Waals surface area contributed by atoms with E-state index in [1.807, 2.05) is 22.4 Å². The van der Waals surface area contributed by atoms with Crippen molar-refractivity contribution in [2.24, 2.45) is 0 Å². The Bertz CT molecular complexity index is 811. The molecule has 1 amide bonds. The quantitative estimate of drug-likeness (QED) is 0.710. The molecule has 1 aromatic carbocycles. The fourth-order valence-electron chi connectivity index (χ4n) is 4.29. The van der Waals surface area contributed by atoms with Crippen molar-refractivity contribution in [3.8, 4) is 5.75 Å². The zero-order chi connectivity index (χ0) is 19.5. The molecule has 1 aromatic heterocycles. The summed E-state index contributed by atoms with van der Waals surface area (Å²) in [5.74, 6) is -0.253. The van der Waals surface area contributed by atoms with Crippen molar-refractivity contribution in [2.45, 2.75) is 51.3 Å². The molecular formula is C22H27FN2O2S. The average Bonchev–Trinajstić information content (AvgIpc) is 3.43. The van der Waals surface area contributed by atoms with Crippen molar-refractivity contribution >= 4 is 17.2 Å². The second-order valence-electron chi connectivity index (χ2n) is 7.79. The lowest BCUT2D eigenvalue weighted by molar-refractivity contribution is 0.0692. The zero-order valence-corrected chi connectivity index (χ0v) is 17.1. The summed E-state index contributed by atoms with van der Waals surface area (Å²) in [4.78, 5) is 18.4. The Hall–Kier alpha value is -1.92. The van der Waals surface area contributed by atoms with E-state index in [2.05, 4.69) is 11.8 Å². The van der Waals surface area contributed by atoms with Crippen LogP contribution in [-0.4, -0.2) is 47.4 Å². The van der Waals surface area contributed by atoms with Gasteiger partial charge >= 0.3 is 0 Å². The summed E-state index contributed by atoms with van der Waals surface area (Å²) in [6, 6.07) is 9.28. The number of nitrogens with zero attached hydrogens (tertiary/aromatic N) is 2. The van der Waals surface area contributed by atoms with Crippen LogP contribution in [0.4, 0.5) is 4.39 Å². The topological polar surface area (TPSA) is 32.8 Å². The maximum Gasteiger partial charge on any atom is 0.257 e. The zero-order valence-electron chi connectivity index (χ0n) is 16.3. The molecule has 2 aromatic rings. The first-order valence-electron chi connectivity index (χ1n) is 10.1. The molecule has 150 valence electrons. The second kappa shape index (κ2) is 8.62. The molecule has 2 aliphatic heterocycles. The van der Waals surface area contributed by atoms with E-state index in [9.17, 15) is 9.18 Å². The minimum absolute atomic E-state index is 0.143. The standard InChI is InChI=1S/C22H27FN2O2S/c1-16-5-2-10-24(16)14-17-6-3-11-25(17)22(26)20-9-8-18(13-21(20)23)27-15-19-7-4-12-28-19/h4,7-9,12-13,16-17H,2-3,5-6,10-11,14-15H2,1H3. The Balaban J connectivity index is 1.41. The first kappa shape index (κ1) is 19.4. The van der Waals surface area contributed by atoms with E-state index in [0.29, 0.717) is 24.9 Å². The summed E-state index contributed by atoms with van der Waals surface area (Å²) in [5, 5.41) is 1.98. The molecule has 28 heavy (non-hydrogen) atoms. The van der Waals surface area contributed by atoms with E-state index in [1.165, 1.54) is 18.9 Å². The molecule has 4 rings (SSSR count). The van der Waals surface area contributed by atoms with E-state index in [-0.39, 0.29) is 17.5 Å². The SMILES string of the molecule is CC1CCCN1CC1CCCN1C(=O)c1ccc(OCc2cccs2)cc1F. The highest BCUT2D eigenvalue weighted by Gasteiger charge is 2.33. The molecule has 2 fully saturated rings. The molecule has 2 aliphatic rings. The number of benzene rings is 1. The van der Waals surface area contributed by atoms with Gasteiger partial charge in [0.2, 0.25) is 0 Å². The van der Waals surface area contributed by atoms with Crippen LogP contribution in [0.25, 0.3) is 0 Å². The Labute approximate surface area is 169 Å². The van der Waals surface area contributed by atoms with Gasteiger partial charge in [0, 0.05) is 36.1 Å². The van der Waals surface area contributed by atoms with Crippen molar-refractivity contribution in [1.82, 2.24) is 9.80 Å². The number of carbonyl (C=O) groups is 1. The van der Waals surface area contributed by atoms with Crippen LogP contribution in [-0.2, 0) is 6.61 Å². The van der Waals surface area contributed by atoms with Gasteiger partial charge in [0.25, 0.3) is 5.91 Å². The minimum Gasteiger partial charge on any atom is -0.488 e. The molecular weight excluding hydrogens is 375 g/mol. The van der Waals surface area contributed by atoms with Crippen LogP contribution < -0.4 is 4.74 Å². The molecule has 2 unspecified atom stereocenters. The largest absolute Gasteiger partial charge is 0.488 e. The van der Waals surface area contributed by atoms with Crippen molar-refractivity contribution < 1.29 is 13.9 Å². The van der Waals surface area contributed by atoms with Crippen LogP contribution in [0.2, 0.25) is 0 Å². The lowest BCUT2D eigenvalue weighted by atomic mass is 10.1. The van der Waals surface area contributed by atoms with Crippen molar-refractivity contribution in [1.29, 1.82) is 0 Å². The third kappa shape index (κ3) is 4.23. The molecule has 2 saturated heterocycles. The van der Waals surface area contributed by atoms with Gasteiger partial charge in [-0.1, -0.05) is 6.07 Å². The number of amides is 1. The molecule has 0 bridgehead atoms. The molecule has 0 N–H and O–H groups in total. The summed E-state index contributed by atoms with van der Waals surface area (Å²) in [5.41, 5.74) is 0.143. The number of rotatable bonds is 6. The van der Waals surface area contributed by atoms with Gasteiger partial charge in [0.1, 0.15) is 18.2 Å². The number of ether oxygens (including phenoxy) is 1. The number of halogens is 1. The predicted molar refractivity (Wildman–Crippen MR) is 109 cm³/mol. The third-order valence-corrected chi connectivity index (χ3v) is 6.76. The van der Waals surface area contributed by atoms with Gasteiger partial charge < -0.3 is 9.64 Å². The number of likely N-dealkylation sites (tertiary alicyclic amines) is 2. The van der Waals surface area contributed by atoms with Crippen LogP contribution in [0, 0.1) is 5.82 Å². The lowest BCUT2D eigenvalue weighted by Gasteiger charge is -2.31. The average molecular weight is 403 g/mol. The lowest BCUT2D eigenvalue weighted by Crippen LogP contribution is -2.44. The summed E-state index contributed by atoms with van der Waals surface area (Å²) < 4.78 is 20.3. The molecule has 4 nitrogen and oxygen atoms in total. The Morgan fingerprint density at radius 2 is 2.11 bits per heavy atom. The fraction of sp³-hybridized carbons (Fsp3) is 0.500. The van der Waals surface area contributed by atoms with Crippen LogP contribution in [0.3, 0.4) is 0 Å². The van der Waals surface area contributed by atoms with Crippen LogP contribution in [0.15, 0.2) is 35.7 Å². The number of thiophene rings is 1. The molecule has 3 heterocycles. The molecule has 2 atom stereocenters. The van der Waals surface area contributed by atoms with E-state index >= 15 is 0 Å². The molecule has 0 saturated carbocycles. The highest BCUT2D eigenvalue weighted by atomic mass is 32.1. The Kier molecular flexibility index (Phi) is 5.97. The predicted octanol–water partition coefficient (Wildman–Crippen LogP) is 4.56. The van der Waals surface area contributed by atoms with Gasteiger partial charge in [0.15, 0.2) is 0 Å². The van der Waals surface area contributed by atoms with Gasteiger partial charge in [-0.2, -0.15) is 0 Å². The van der Waals surface area contributed by atoms with Gasteiger partial charge in [-0.15, -0.1) is 11.3 Å².